The summed E-state index contributed by atoms with van der Waals surface area (Å²) in [5.41, 5.74) is 2.44. The van der Waals surface area contributed by atoms with Crippen molar-refractivity contribution >= 4 is 29.1 Å². The van der Waals surface area contributed by atoms with E-state index in [0.717, 1.165) is 48.2 Å². The van der Waals surface area contributed by atoms with Crippen molar-refractivity contribution in [3.05, 3.63) is 54.4 Å². The van der Waals surface area contributed by atoms with Crippen molar-refractivity contribution in [2.24, 2.45) is 0 Å². The molecule has 8 heteroatoms. The van der Waals surface area contributed by atoms with Gasteiger partial charge >= 0.3 is 0 Å². The van der Waals surface area contributed by atoms with Crippen LogP contribution in [0.25, 0.3) is 11.4 Å². The molecule has 3 aromatic rings. The number of carbonyl (C=O) groups is 2. The second-order valence-corrected chi connectivity index (χ2v) is 8.04. The molecule has 154 valence electrons. The Balaban J connectivity index is 1.45. The Morgan fingerprint density at radius 1 is 1.10 bits per heavy atom. The first-order chi connectivity index (χ1) is 14.7. The third kappa shape index (κ3) is 4.28. The Labute approximate surface area is 179 Å². The van der Waals surface area contributed by atoms with Crippen LogP contribution in [0.3, 0.4) is 0 Å². The third-order valence-corrected chi connectivity index (χ3v) is 5.98. The molecule has 0 unspecified atom stereocenters. The number of benzene rings is 1. The summed E-state index contributed by atoms with van der Waals surface area (Å²) >= 11 is 1.39. The molecule has 0 N–H and O–H groups in total. The van der Waals surface area contributed by atoms with Crippen LogP contribution in [-0.2, 0) is 11.3 Å². The highest BCUT2D eigenvalue weighted by Crippen LogP contribution is 2.26. The van der Waals surface area contributed by atoms with Gasteiger partial charge in [0.2, 0.25) is 5.91 Å². The van der Waals surface area contributed by atoms with E-state index in [4.69, 9.17) is 0 Å². The Morgan fingerprint density at radius 3 is 2.53 bits per heavy atom. The van der Waals surface area contributed by atoms with Gasteiger partial charge in [-0.05, 0) is 49.2 Å². The fraction of sp³-hybridized carbons (Fsp3) is 0.318. The van der Waals surface area contributed by atoms with Crippen molar-refractivity contribution in [2.75, 3.05) is 17.2 Å². The molecule has 7 nitrogen and oxygen atoms in total. The standard InChI is InChI=1S/C22H23N5O2S/c1-2-13-27-21(17-9-11-23-12-10-17)24-25-22(27)30-15-19(28)16-5-7-18(8-6-16)26-14-3-4-20(26)29/h5-12H,2-4,13-15H2,1H3. The second-order valence-electron chi connectivity index (χ2n) is 7.10. The fourth-order valence-corrected chi connectivity index (χ4v) is 4.36. The van der Waals surface area contributed by atoms with Crippen molar-refractivity contribution in [3.63, 3.8) is 0 Å². The Hall–Kier alpha value is -3.00. The van der Waals surface area contributed by atoms with Gasteiger partial charge in [0.05, 0.1) is 5.75 Å². The Kier molecular flexibility index (Phi) is 6.23. The molecule has 2 aromatic heterocycles. The zero-order valence-electron chi connectivity index (χ0n) is 16.8. The molecule has 3 heterocycles. The van der Waals surface area contributed by atoms with Gasteiger partial charge in [0.25, 0.3) is 0 Å². The molecule has 0 bridgehead atoms. The number of amides is 1. The van der Waals surface area contributed by atoms with Gasteiger partial charge in [-0.2, -0.15) is 0 Å². The predicted molar refractivity (Wildman–Crippen MR) is 117 cm³/mol. The van der Waals surface area contributed by atoms with Crippen LogP contribution in [0.4, 0.5) is 5.69 Å². The van der Waals surface area contributed by atoms with Crippen LogP contribution >= 0.6 is 11.8 Å². The van der Waals surface area contributed by atoms with Crippen molar-refractivity contribution in [2.45, 2.75) is 37.9 Å². The zero-order valence-corrected chi connectivity index (χ0v) is 17.6. The molecule has 0 atom stereocenters. The fourth-order valence-electron chi connectivity index (χ4n) is 3.50. The number of pyridine rings is 1. The monoisotopic (exact) mass is 421 g/mol. The van der Waals surface area contributed by atoms with Crippen molar-refractivity contribution in [1.82, 2.24) is 19.7 Å². The number of anilines is 1. The maximum atomic E-state index is 12.7. The van der Waals surface area contributed by atoms with Crippen LogP contribution in [0, 0.1) is 0 Å². The van der Waals surface area contributed by atoms with Gasteiger partial charge in [0.1, 0.15) is 0 Å². The largest absolute Gasteiger partial charge is 0.312 e. The van der Waals surface area contributed by atoms with Crippen molar-refractivity contribution in [1.29, 1.82) is 0 Å². The minimum atomic E-state index is 0.0239. The van der Waals surface area contributed by atoms with E-state index in [1.165, 1.54) is 11.8 Å². The maximum absolute atomic E-state index is 12.7. The number of aromatic nitrogens is 4. The second kappa shape index (κ2) is 9.21. The van der Waals surface area contributed by atoms with Crippen molar-refractivity contribution < 1.29 is 9.59 Å². The zero-order chi connectivity index (χ0) is 20.9. The topological polar surface area (TPSA) is 81.0 Å². The SMILES string of the molecule is CCCn1c(SCC(=O)c2ccc(N3CCCC3=O)cc2)nnc1-c1ccncc1. The molecule has 30 heavy (non-hydrogen) atoms. The summed E-state index contributed by atoms with van der Waals surface area (Å²) in [6.45, 7) is 3.62. The summed E-state index contributed by atoms with van der Waals surface area (Å²) in [5.74, 6) is 1.23. The van der Waals surface area contributed by atoms with Gasteiger partial charge in [-0.15, -0.1) is 10.2 Å². The molecule has 1 saturated heterocycles. The summed E-state index contributed by atoms with van der Waals surface area (Å²) in [5, 5.41) is 9.38. The van der Waals surface area contributed by atoms with E-state index in [0.29, 0.717) is 12.0 Å². The van der Waals surface area contributed by atoms with E-state index in [1.54, 1.807) is 29.4 Å². The lowest BCUT2D eigenvalue weighted by molar-refractivity contribution is -0.117. The smallest absolute Gasteiger partial charge is 0.227 e. The molecule has 0 spiro atoms. The molecule has 1 aliphatic heterocycles. The number of hydrogen-bond acceptors (Lipinski definition) is 6. The summed E-state index contributed by atoms with van der Waals surface area (Å²) in [6.07, 6.45) is 5.88. The van der Waals surface area contributed by atoms with Gasteiger partial charge in [-0.25, -0.2) is 0 Å². The number of ketones is 1. The minimum absolute atomic E-state index is 0.0239. The number of thioether (sulfide) groups is 1. The summed E-state index contributed by atoms with van der Waals surface area (Å²) in [4.78, 5) is 30.4. The normalized spacial score (nSPS) is 13.8. The van der Waals surface area contributed by atoms with Gasteiger partial charge in [0.15, 0.2) is 16.8 Å². The van der Waals surface area contributed by atoms with Gasteiger partial charge in [0, 0.05) is 48.7 Å². The van der Waals surface area contributed by atoms with Crippen LogP contribution in [0.5, 0.6) is 0 Å². The molecular formula is C22H23N5O2S. The summed E-state index contributed by atoms with van der Waals surface area (Å²) < 4.78 is 2.05. The third-order valence-electron chi connectivity index (χ3n) is 5.01. The predicted octanol–water partition coefficient (Wildman–Crippen LogP) is 3.85. The average Bonchev–Trinajstić information content (AvgIpc) is 3.39. The number of hydrogen-bond donors (Lipinski definition) is 0. The molecule has 0 saturated carbocycles. The van der Waals surface area contributed by atoms with E-state index in [9.17, 15) is 9.59 Å². The van der Waals surface area contributed by atoms with E-state index < -0.39 is 0 Å². The van der Waals surface area contributed by atoms with Gasteiger partial charge < -0.3 is 9.47 Å². The lowest BCUT2D eigenvalue weighted by Crippen LogP contribution is -2.23. The van der Waals surface area contributed by atoms with Crippen LogP contribution < -0.4 is 4.90 Å². The first-order valence-electron chi connectivity index (χ1n) is 10.1. The molecule has 1 fully saturated rings. The highest BCUT2D eigenvalue weighted by atomic mass is 32.2. The molecule has 0 radical (unpaired) electrons. The number of carbonyl (C=O) groups excluding carboxylic acids is 2. The number of Topliss-reactive ketones (excluding diaryl/α,β-unsaturated/α-hetero) is 1. The van der Waals surface area contributed by atoms with E-state index >= 15 is 0 Å². The number of nitrogens with zero attached hydrogens (tertiary/aromatic N) is 5. The summed E-state index contributed by atoms with van der Waals surface area (Å²) in [7, 11) is 0. The lowest BCUT2D eigenvalue weighted by Gasteiger charge is -2.15. The quantitative estimate of drug-likeness (QED) is 0.406. The molecule has 1 amide bonds. The average molecular weight is 422 g/mol. The van der Waals surface area contributed by atoms with Crippen LogP contribution in [0.2, 0.25) is 0 Å². The highest BCUT2D eigenvalue weighted by molar-refractivity contribution is 7.99. The van der Waals surface area contributed by atoms with E-state index in [2.05, 4.69) is 26.7 Å². The van der Waals surface area contributed by atoms with Crippen LogP contribution in [-0.4, -0.2) is 43.7 Å². The first-order valence-corrected chi connectivity index (χ1v) is 11.1. The first kappa shape index (κ1) is 20.3. The maximum Gasteiger partial charge on any atom is 0.227 e. The minimum Gasteiger partial charge on any atom is -0.312 e. The highest BCUT2D eigenvalue weighted by Gasteiger charge is 2.22. The summed E-state index contributed by atoms with van der Waals surface area (Å²) in [6, 6.07) is 11.1. The van der Waals surface area contributed by atoms with Crippen LogP contribution in [0.1, 0.15) is 36.5 Å². The molecular weight excluding hydrogens is 398 g/mol. The Morgan fingerprint density at radius 2 is 1.87 bits per heavy atom. The van der Waals surface area contributed by atoms with Gasteiger partial charge in [-0.3, -0.25) is 14.6 Å². The lowest BCUT2D eigenvalue weighted by atomic mass is 10.1. The Bertz CT molecular complexity index is 1030. The molecule has 1 aromatic carbocycles. The molecule has 4 rings (SSSR count). The van der Waals surface area contributed by atoms with Crippen LogP contribution in [0.15, 0.2) is 53.9 Å². The van der Waals surface area contributed by atoms with E-state index in [1.807, 2.05) is 24.3 Å². The molecule has 0 aliphatic carbocycles. The molecule has 1 aliphatic rings. The van der Waals surface area contributed by atoms with Gasteiger partial charge in [-0.1, -0.05) is 18.7 Å². The van der Waals surface area contributed by atoms with Crippen molar-refractivity contribution in [3.8, 4) is 11.4 Å². The number of rotatable bonds is 8. The van der Waals surface area contributed by atoms with E-state index in [-0.39, 0.29) is 17.4 Å².